The maximum absolute atomic E-state index is 12.0. The van der Waals surface area contributed by atoms with Crippen molar-refractivity contribution in [3.8, 4) is 0 Å². The Morgan fingerprint density at radius 2 is 2.00 bits per heavy atom. The van der Waals surface area contributed by atoms with Gasteiger partial charge < -0.3 is 20.1 Å². The van der Waals surface area contributed by atoms with Crippen LogP contribution < -0.4 is 5.32 Å². The summed E-state index contributed by atoms with van der Waals surface area (Å²) in [6.45, 7) is 1.14. The van der Waals surface area contributed by atoms with Gasteiger partial charge in [-0.15, -0.1) is 0 Å². The molecule has 0 aromatic rings. The molecule has 1 saturated carbocycles. The van der Waals surface area contributed by atoms with Crippen molar-refractivity contribution in [2.75, 3.05) is 27.3 Å². The Labute approximate surface area is 120 Å². The first-order chi connectivity index (χ1) is 9.56. The van der Waals surface area contributed by atoms with E-state index in [1.54, 1.807) is 14.2 Å². The Morgan fingerprint density at radius 3 is 2.55 bits per heavy atom. The highest BCUT2D eigenvalue weighted by atomic mass is 16.5. The van der Waals surface area contributed by atoms with Crippen LogP contribution in [0.3, 0.4) is 0 Å². The van der Waals surface area contributed by atoms with Crippen LogP contribution >= 0.6 is 0 Å². The number of methoxy groups -OCH3 is 1. The van der Waals surface area contributed by atoms with E-state index in [4.69, 9.17) is 4.74 Å². The standard InChI is InChI=1S/C14H26N2O4/c1-16(9-6-10-20-2)14(19)15-12(13(17)18)11-7-4-3-5-8-11/h11-12H,3-10H2,1-2H3,(H,15,19)(H,17,18). The van der Waals surface area contributed by atoms with Crippen LogP contribution in [0.4, 0.5) is 4.79 Å². The van der Waals surface area contributed by atoms with Crippen molar-refractivity contribution in [1.29, 1.82) is 0 Å². The van der Waals surface area contributed by atoms with Gasteiger partial charge in [-0.05, 0) is 25.2 Å². The molecule has 0 spiro atoms. The summed E-state index contributed by atoms with van der Waals surface area (Å²) in [5, 5.41) is 12.0. The number of carbonyl (C=O) groups excluding carboxylic acids is 1. The van der Waals surface area contributed by atoms with E-state index in [2.05, 4.69) is 5.32 Å². The number of nitrogens with zero attached hydrogens (tertiary/aromatic N) is 1. The van der Waals surface area contributed by atoms with Crippen molar-refractivity contribution in [2.24, 2.45) is 5.92 Å². The molecule has 0 saturated heterocycles. The summed E-state index contributed by atoms with van der Waals surface area (Å²) in [6.07, 6.45) is 5.76. The molecule has 6 nitrogen and oxygen atoms in total. The summed E-state index contributed by atoms with van der Waals surface area (Å²) < 4.78 is 4.93. The highest BCUT2D eigenvalue weighted by Gasteiger charge is 2.31. The van der Waals surface area contributed by atoms with Gasteiger partial charge in [0.05, 0.1) is 0 Å². The maximum Gasteiger partial charge on any atom is 0.326 e. The molecule has 0 heterocycles. The van der Waals surface area contributed by atoms with Crippen LogP contribution in [0.2, 0.25) is 0 Å². The summed E-state index contributed by atoms with van der Waals surface area (Å²) in [5.41, 5.74) is 0. The van der Waals surface area contributed by atoms with Gasteiger partial charge in [0, 0.05) is 27.3 Å². The topological polar surface area (TPSA) is 78.9 Å². The molecule has 116 valence electrons. The lowest BCUT2D eigenvalue weighted by Gasteiger charge is -2.29. The van der Waals surface area contributed by atoms with Crippen LogP contribution in [-0.4, -0.2) is 55.4 Å². The molecule has 0 bridgehead atoms. The van der Waals surface area contributed by atoms with Crippen molar-refractivity contribution >= 4 is 12.0 Å². The average molecular weight is 286 g/mol. The summed E-state index contributed by atoms with van der Waals surface area (Å²) >= 11 is 0. The lowest BCUT2D eigenvalue weighted by Crippen LogP contribution is -2.50. The normalized spacial score (nSPS) is 17.5. The average Bonchev–Trinajstić information content (AvgIpc) is 2.45. The van der Waals surface area contributed by atoms with Crippen LogP contribution in [-0.2, 0) is 9.53 Å². The van der Waals surface area contributed by atoms with E-state index in [0.717, 1.165) is 38.5 Å². The molecule has 2 amide bonds. The number of ether oxygens (including phenoxy) is 1. The van der Waals surface area contributed by atoms with Crippen LogP contribution in [0.5, 0.6) is 0 Å². The van der Waals surface area contributed by atoms with Gasteiger partial charge in [-0.1, -0.05) is 19.3 Å². The number of hydrogen-bond donors (Lipinski definition) is 2. The van der Waals surface area contributed by atoms with E-state index >= 15 is 0 Å². The van der Waals surface area contributed by atoms with Gasteiger partial charge in [0.25, 0.3) is 0 Å². The number of carboxylic acids is 1. The molecule has 20 heavy (non-hydrogen) atoms. The SMILES string of the molecule is COCCCN(C)C(=O)NC(C(=O)O)C1CCCCC1. The van der Waals surface area contributed by atoms with Crippen molar-refractivity contribution < 1.29 is 19.4 Å². The van der Waals surface area contributed by atoms with Gasteiger partial charge in [0.2, 0.25) is 0 Å². The minimum atomic E-state index is -0.935. The number of carboxylic acid groups (broad SMARTS) is 1. The summed E-state index contributed by atoms with van der Waals surface area (Å²) in [5.74, 6) is -0.881. The molecule has 0 aliphatic heterocycles. The van der Waals surface area contributed by atoms with E-state index in [-0.39, 0.29) is 11.9 Å². The largest absolute Gasteiger partial charge is 0.480 e. The van der Waals surface area contributed by atoms with Crippen LogP contribution in [0.25, 0.3) is 0 Å². The summed E-state index contributed by atoms with van der Waals surface area (Å²) in [7, 11) is 3.29. The first kappa shape index (κ1) is 16.8. The number of rotatable bonds is 7. The van der Waals surface area contributed by atoms with Gasteiger partial charge in [0.15, 0.2) is 0 Å². The molecule has 1 aliphatic rings. The molecule has 1 unspecified atom stereocenters. The Kier molecular flexibility index (Phi) is 7.36. The smallest absolute Gasteiger partial charge is 0.326 e. The predicted octanol–water partition coefficient (Wildman–Crippen LogP) is 1.70. The molecular formula is C14H26N2O4. The second kappa shape index (κ2) is 8.79. The first-order valence-corrected chi connectivity index (χ1v) is 7.29. The highest BCUT2D eigenvalue weighted by molar-refractivity contribution is 5.82. The first-order valence-electron chi connectivity index (χ1n) is 7.29. The zero-order valence-corrected chi connectivity index (χ0v) is 12.4. The van der Waals surface area contributed by atoms with Crippen molar-refractivity contribution in [1.82, 2.24) is 10.2 Å². The Bertz CT molecular complexity index is 316. The minimum Gasteiger partial charge on any atom is -0.480 e. The number of aliphatic carboxylic acids is 1. The molecule has 0 radical (unpaired) electrons. The zero-order chi connectivity index (χ0) is 15.0. The van der Waals surface area contributed by atoms with Gasteiger partial charge >= 0.3 is 12.0 Å². The quantitative estimate of drug-likeness (QED) is 0.698. The number of urea groups is 1. The van der Waals surface area contributed by atoms with Crippen LogP contribution in [0, 0.1) is 5.92 Å². The third-order valence-corrected chi connectivity index (χ3v) is 3.85. The molecular weight excluding hydrogens is 260 g/mol. The predicted molar refractivity (Wildman–Crippen MR) is 75.7 cm³/mol. The number of hydrogen-bond acceptors (Lipinski definition) is 3. The molecule has 1 rings (SSSR count). The van der Waals surface area contributed by atoms with Crippen molar-refractivity contribution in [2.45, 2.75) is 44.6 Å². The van der Waals surface area contributed by atoms with Crippen LogP contribution in [0.15, 0.2) is 0 Å². The molecule has 1 fully saturated rings. The Hall–Kier alpha value is -1.30. The maximum atomic E-state index is 12.0. The van der Waals surface area contributed by atoms with E-state index in [0.29, 0.717) is 13.2 Å². The lowest BCUT2D eigenvalue weighted by atomic mass is 9.84. The fourth-order valence-electron chi connectivity index (χ4n) is 2.64. The molecule has 2 N–H and O–H groups in total. The summed E-state index contributed by atoms with van der Waals surface area (Å²) in [4.78, 5) is 24.9. The second-order valence-corrected chi connectivity index (χ2v) is 5.43. The third-order valence-electron chi connectivity index (χ3n) is 3.85. The van der Waals surface area contributed by atoms with Crippen molar-refractivity contribution in [3.05, 3.63) is 0 Å². The van der Waals surface area contributed by atoms with Gasteiger partial charge in [-0.25, -0.2) is 9.59 Å². The third kappa shape index (κ3) is 5.36. The van der Waals surface area contributed by atoms with E-state index < -0.39 is 12.0 Å². The molecule has 6 heteroatoms. The molecule has 1 aliphatic carbocycles. The van der Waals surface area contributed by atoms with E-state index in [1.807, 2.05) is 0 Å². The molecule has 1 atom stereocenters. The molecule has 0 aromatic heterocycles. The fraction of sp³-hybridized carbons (Fsp3) is 0.857. The minimum absolute atomic E-state index is 0.0533. The second-order valence-electron chi connectivity index (χ2n) is 5.43. The number of nitrogens with one attached hydrogen (secondary N) is 1. The number of carbonyl (C=O) groups is 2. The summed E-state index contributed by atoms with van der Waals surface area (Å²) in [6, 6.07) is -1.09. The van der Waals surface area contributed by atoms with Crippen molar-refractivity contribution in [3.63, 3.8) is 0 Å². The monoisotopic (exact) mass is 286 g/mol. The number of amides is 2. The van der Waals surface area contributed by atoms with Gasteiger partial charge in [-0.2, -0.15) is 0 Å². The Balaban J connectivity index is 2.47. The van der Waals surface area contributed by atoms with E-state index in [1.165, 1.54) is 4.90 Å². The van der Waals surface area contributed by atoms with E-state index in [9.17, 15) is 14.7 Å². The highest BCUT2D eigenvalue weighted by Crippen LogP contribution is 2.26. The van der Waals surface area contributed by atoms with Crippen LogP contribution in [0.1, 0.15) is 38.5 Å². The fourth-order valence-corrected chi connectivity index (χ4v) is 2.64. The lowest BCUT2D eigenvalue weighted by molar-refractivity contribution is -0.141. The van der Waals surface area contributed by atoms with Gasteiger partial charge in [0.1, 0.15) is 6.04 Å². The Morgan fingerprint density at radius 1 is 1.35 bits per heavy atom. The van der Waals surface area contributed by atoms with Gasteiger partial charge in [-0.3, -0.25) is 0 Å². The molecule has 0 aromatic carbocycles. The zero-order valence-electron chi connectivity index (χ0n) is 12.4.